The molecule has 0 saturated heterocycles. The molecule has 5 heteroatoms. The molecule has 1 atom stereocenters. The lowest BCUT2D eigenvalue weighted by Crippen LogP contribution is -2.24. The number of carbonyl (C=O) groups is 1. The molecule has 0 fully saturated rings. The first-order valence-corrected chi connectivity index (χ1v) is 6.19. The molecule has 94 valence electrons. The van der Waals surface area contributed by atoms with Gasteiger partial charge >= 0.3 is 0 Å². The van der Waals surface area contributed by atoms with Gasteiger partial charge in [0.1, 0.15) is 5.82 Å². The van der Waals surface area contributed by atoms with Gasteiger partial charge < -0.3 is 5.32 Å². The Morgan fingerprint density at radius 2 is 2.24 bits per heavy atom. The summed E-state index contributed by atoms with van der Waals surface area (Å²) >= 11 is 11.3. The Morgan fingerprint density at radius 1 is 1.53 bits per heavy atom. The predicted octanol–water partition coefficient (Wildman–Crippen LogP) is 3.62. The van der Waals surface area contributed by atoms with Crippen molar-refractivity contribution in [3.8, 4) is 0 Å². The van der Waals surface area contributed by atoms with Crippen molar-refractivity contribution in [3.05, 3.63) is 34.6 Å². The third-order valence-electron chi connectivity index (χ3n) is 2.25. The molecule has 0 radical (unpaired) electrons. The molecule has 0 aliphatic carbocycles. The second-order valence-corrected chi connectivity index (χ2v) is 4.96. The van der Waals surface area contributed by atoms with E-state index in [0.29, 0.717) is 6.54 Å². The van der Waals surface area contributed by atoms with E-state index in [0.717, 1.165) is 18.9 Å². The fraction of sp³-hybridized carbons (Fsp3) is 0.417. The number of carbonyl (C=O) groups excluding carboxylic acids is 1. The van der Waals surface area contributed by atoms with Crippen molar-refractivity contribution < 1.29 is 9.18 Å². The summed E-state index contributed by atoms with van der Waals surface area (Å²) in [4.78, 5) is 11.6. The average molecular weight is 278 g/mol. The summed E-state index contributed by atoms with van der Waals surface area (Å²) in [5, 5.41) is 2.80. The largest absolute Gasteiger partial charge is 0.352 e. The number of hydrogen-bond acceptors (Lipinski definition) is 1. The zero-order valence-corrected chi connectivity index (χ0v) is 11.0. The molecule has 0 saturated carbocycles. The van der Waals surface area contributed by atoms with Crippen LogP contribution in [0, 0.1) is 5.82 Å². The highest BCUT2D eigenvalue weighted by molar-refractivity contribution is 6.30. The topological polar surface area (TPSA) is 29.1 Å². The summed E-state index contributed by atoms with van der Waals surface area (Å²) in [5.41, 5.74) is 0.269. The van der Waals surface area contributed by atoms with Gasteiger partial charge in [-0.3, -0.25) is 4.79 Å². The summed E-state index contributed by atoms with van der Waals surface area (Å²) < 4.78 is 13.1. The number of rotatable bonds is 5. The molecule has 0 bridgehead atoms. The second kappa shape index (κ2) is 6.82. The van der Waals surface area contributed by atoms with Gasteiger partial charge in [0, 0.05) is 17.5 Å². The number of alkyl halides is 1. The Labute approximate surface area is 110 Å². The van der Waals surface area contributed by atoms with Crippen LogP contribution in [0.3, 0.4) is 0 Å². The Bertz CT molecular complexity index is 396. The highest BCUT2D eigenvalue weighted by Crippen LogP contribution is 2.15. The Hall–Kier alpha value is -0.800. The van der Waals surface area contributed by atoms with Crippen LogP contribution in [0.15, 0.2) is 18.2 Å². The maximum atomic E-state index is 13.1. The van der Waals surface area contributed by atoms with Gasteiger partial charge in [0.2, 0.25) is 0 Å². The highest BCUT2D eigenvalue weighted by atomic mass is 35.5. The van der Waals surface area contributed by atoms with Gasteiger partial charge in [0.25, 0.3) is 5.91 Å². The maximum absolute atomic E-state index is 13.1. The molecular weight excluding hydrogens is 264 g/mol. The van der Waals surface area contributed by atoms with Crippen LogP contribution in [-0.2, 0) is 0 Å². The normalized spacial score (nSPS) is 12.2. The summed E-state index contributed by atoms with van der Waals surface area (Å²) in [7, 11) is 0. The number of halogens is 3. The van der Waals surface area contributed by atoms with Gasteiger partial charge in [0.05, 0.1) is 5.02 Å². The van der Waals surface area contributed by atoms with Crippen LogP contribution in [0.2, 0.25) is 5.02 Å². The lowest BCUT2D eigenvalue weighted by molar-refractivity contribution is 0.0952. The predicted molar refractivity (Wildman–Crippen MR) is 68.3 cm³/mol. The van der Waals surface area contributed by atoms with E-state index in [1.807, 2.05) is 6.92 Å². The van der Waals surface area contributed by atoms with Gasteiger partial charge in [-0.05, 0) is 38.0 Å². The van der Waals surface area contributed by atoms with Crippen LogP contribution in [0.25, 0.3) is 0 Å². The SMILES string of the molecule is CC(Cl)CCCNC(=O)c1ccc(Cl)c(F)c1. The first-order valence-electron chi connectivity index (χ1n) is 5.38. The van der Waals surface area contributed by atoms with Gasteiger partial charge in [-0.15, -0.1) is 11.6 Å². The van der Waals surface area contributed by atoms with Crippen LogP contribution >= 0.6 is 23.2 Å². The Morgan fingerprint density at radius 3 is 2.82 bits per heavy atom. The van der Waals surface area contributed by atoms with Crippen molar-refractivity contribution in [3.63, 3.8) is 0 Å². The molecule has 1 N–H and O–H groups in total. The molecule has 17 heavy (non-hydrogen) atoms. The molecule has 0 aliphatic heterocycles. The lowest BCUT2D eigenvalue weighted by atomic mass is 10.2. The van der Waals surface area contributed by atoms with E-state index in [9.17, 15) is 9.18 Å². The van der Waals surface area contributed by atoms with Crippen LogP contribution in [-0.4, -0.2) is 17.8 Å². The smallest absolute Gasteiger partial charge is 0.251 e. The van der Waals surface area contributed by atoms with E-state index in [1.165, 1.54) is 12.1 Å². The maximum Gasteiger partial charge on any atom is 0.251 e. The van der Waals surface area contributed by atoms with Gasteiger partial charge in [-0.25, -0.2) is 4.39 Å². The molecule has 1 rings (SSSR count). The van der Waals surface area contributed by atoms with Crippen molar-refractivity contribution in [2.24, 2.45) is 0 Å². The standard InChI is InChI=1S/C12H14Cl2FNO/c1-8(13)3-2-6-16-12(17)9-4-5-10(14)11(15)7-9/h4-5,7-8H,2-3,6H2,1H3,(H,16,17). The van der Waals surface area contributed by atoms with Crippen molar-refractivity contribution in [1.82, 2.24) is 5.32 Å². The van der Waals surface area contributed by atoms with Crippen LogP contribution in [0.5, 0.6) is 0 Å². The third-order valence-corrected chi connectivity index (χ3v) is 2.77. The molecule has 1 unspecified atom stereocenters. The fourth-order valence-corrected chi connectivity index (χ4v) is 1.60. The number of nitrogens with one attached hydrogen (secondary N) is 1. The minimum atomic E-state index is -0.589. The van der Waals surface area contributed by atoms with Crippen molar-refractivity contribution in [2.75, 3.05) is 6.54 Å². The van der Waals surface area contributed by atoms with Crippen molar-refractivity contribution in [1.29, 1.82) is 0 Å². The fourth-order valence-electron chi connectivity index (χ4n) is 1.32. The quantitative estimate of drug-likeness (QED) is 0.647. The van der Waals surface area contributed by atoms with Crippen LogP contribution < -0.4 is 5.32 Å². The van der Waals surface area contributed by atoms with E-state index >= 15 is 0 Å². The van der Waals surface area contributed by atoms with Crippen LogP contribution in [0.4, 0.5) is 4.39 Å². The molecule has 1 aromatic carbocycles. The number of benzene rings is 1. The van der Waals surface area contributed by atoms with E-state index in [2.05, 4.69) is 5.32 Å². The molecule has 1 amide bonds. The third kappa shape index (κ3) is 4.92. The minimum Gasteiger partial charge on any atom is -0.352 e. The summed E-state index contributed by atoms with van der Waals surface area (Å²) in [6.07, 6.45) is 1.63. The Balaban J connectivity index is 2.44. The minimum absolute atomic E-state index is 0.0116. The van der Waals surface area contributed by atoms with Gasteiger partial charge in [-0.1, -0.05) is 11.6 Å². The number of amides is 1. The van der Waals surface area contributed by atoms with Gasteiger partial charge in [0.15, 0.2) is 0 Å². The molecule has 0 heterocycles. The summed E-state index contributed by atoms with van der Waals surface area (Å²) in [6.45, 7) is 2.43. The highest BCUT2D eigenvalue weighted by Gasteiger charge is 2.08. The summed E-state index contributed by atoms with van der Waals surface area (Å²) in [6, 6.07) is 3.99. The average Bonchev–Trinajstić information content (AvgIpc) is 2.27. The van der Waals surface area contributed by atoms with Gasteiger partial charge in [-0.2, -0.15) is 0 Å². The number of hydrogen-bond donors (Lipinski definition) is 1. The van der Waals surface area contributed by atoms with Crippen molar-refractivity contribution >= 4 is 29.1 Å². The molecule has 0 aromatic heterocycles. The molecule has 0 spiro atoms. The second-order valence-electron chi connectivity index (χ2n) is 3.81. The Kier molecular flexibility index (Phi) is 5.72. The molecular formula is C12H14Cl2FNO. The zero-order valence-electron chi connectivity index (χ0n) is 9.47. The van der Waals surface area contributed by atoms with Crippen LogP contribution in [0.1, 0.15) is 30.1 Å². The first kappa shape index (κ1) is 14.3. The van der Waals surface area contributed by atoms with Crippen molar-refractivity contribution in [2.45, 2.75) is 25.1 Å². The monoisotopic (exact) mass is 277 g/mol. The lowest BCUT2D eigenvalue weighted by Gasteiger charge is -2.06. The van der Waals surface area contributed by atoms with E-state index < -0.39 is 5.82 Å². The molecule has 0 aliphatic rings. The zero-order chi connectivity index (χ0) is 12.8. The van der Waals surface area contributed by atoms with E-state index in [1.54, 1.807) is 0 Å². The first-order chi connectivity index (χ1) is 8.00. The molecule has 1 aromatic rings. The summed E-state index contributed by atoms with van der Waals surface area (Å²) in [5.74, 6) is -0.892. The van der Waals surface area contributed by atoms with E-state index in [4.69, 9.17) is 23.2 Å². The molecule has 2 nitrogen and oxygen atoms in total. The van der Waals surface area contributed by atoms with E-state index in [-0.39, 0.29) is 21.9 Å².